The second-order valence-corrected chi connectivity index (χ2v) is 12.6. The molecule has 3 aliphatic rings. The van der Waals surface area contributed by atoms with Crippen molar-refractivity contribution in [3.05, 3.63) is 64.0 Å². The van der Waals surface area contributed by atoms with Crippen LogP contribution in [0, 0.1) is 11.8 Å². The molecule has 4 heterocycles. The molecule has 246 valence electrons. The maximum absolute atomic E-state index is 13.7. The normalized spacial score (nSPS) is 17.7. The highest BCUT2D eigenvalue weighted by Gasteiger charge is 2.37. The highest BCUT2D eigenvalue weighted by molar-refractivity contribution is 6.34. The number of alkyl halides is 3. The van der Waals surface area contributed by atoms with E-state index in [1.54, 1.807) is 11.0 Å². The number of carbonyl (C=O) groups excluding carboxylic acids is 3. The van der Waals surface area contributed by atoms with Gasteiger partial charge in [0.1, 0.15) is 0 Å². The molecule has 2 saturated heterocycles. The second kappa shape index (κ2) is 13.4. The van der Waals surface area contributed by atoms with Gasteiger partial charge in [0.15, 0.2) is 11.5 Å². The van der Waals surface area contributed by atoms with Gasteiger partial charge in [0, 0.05) is 74.4 Å². The Labute approximate surface area is 268 Å². The molecule has 3 amide bonds. The van der Waals surface area contributed by atoms with Crippen molar-refractivity contribution in [1.29, 1.82) is 0 Å². The van der Waals surface area contributed by atoms with Crippen molar-refractivity contribution in [3.63, 3.8) is 0 Å². The second-order valence-electron chi connectivity index (χ2n) is 12.2. The summed E-state index contributed by atoms with van der Waals surface area (Å²) in [6.45, 7) is 3.83. The molecular formula is C31H36ClF3N8O3. The van der Waals surface area contributed by atoms with Crippen molar-refractivity contribution in [1.82, 2.24) is 34.9 Å². The van der Waals surface area contributed by atoms with Gasteiger partial charge in [-0.15, -0.1) is 0 Å². The van der Waals surface area contributed by atoms with E-state index in [2.05, 4.69) is 25.7 Å². The molecule has 0 bridgehead atoms. The number of carbonyl (C=O) groups is 3. The SMILES string of the molecule is O=C(Nc1ccc(C(=O)N2CCN(C(=O)C3CCNCC3)CC2)c(Cl)c1)c1ncc(Cc2cn(CCC3CC3)nc2C(F)(F)F)[nH]1. The minimum absolute atomic E-state index is 0.000675. The van der Waals surface area contributed by atoms with Gasteiger partial charge < -0.3 is 25.4 Å². The van der Waals surface area contributed by atoms with Crippen LogP contribution in [0.1, 0.15) is 70.0 Å². The topological polar surface area (TPSA) is 128 Å². The summed E-state index contributed by atoms with van der Waals surface area (Å²) in [6.07, 6.45) is 2.66. The molecule has 0 atom stereocenters. The fourth-order valence-electron chi connectivity index (χ4n) is 6.02. The molecule has 1 aliphatic carbocycles. The lowest BCUT2D eigenvalue weighted by molar-refractivity contribution is -0.142. The lowest BCUT2D eigenvalue weighted by atomic mass is 9.96. The first-order chi connectivity index (χ1) is 22.0. The molecule has 1 saturated carbocycles. The van der Waals surface area contributed by atoms with Crippen LogP contribution in [0.5, 0.6) is 0 Å². The lowest BCUT2D eigenvalue weighted by Gasteiger charge is -2.37. The van der Waals surface area contributed by atoms with Crippen LogP contribution in [0.15, 0.2) is 30.6 Å². The lowest BCUT2D eigenvalue weighted by Crippen LogP contribution is -2.52. The Bertz CT molecular complexity index is 1590. The van der Waals surface area contributed by atoms with Crippen LogP contribution in [0.4, 0.5) is 18.9 Å². The third-order valence-corrected chi connectivity index (χ3v) is 9.13. The first-order valence-electron chi connectivity index (χ1n) is 15.6. The quantitative estimate of drug-likeness (QED) is 0.316. The number of hydrogen-bond acceptors (Lipinski definition) is 6. The largest absolute Gasteiger partial charge is 0.435 e. The number of hydrogen-bond donors (Lipinski definition) is 3. The molecule has 2 aliphatic heterocycles. The maximum Gasteiger partial charge on any atom is 0.435 e. The number of aryl methyl sites for hydroxylation is 1. The average Bonchev–Trinajstić information content (AvgIpc) is 3.59. The number of nitrogens with one attached hydrogen (secondary N) is 3. The Kier molecular flexibility index (Phi) is 9.37. The van der Waals surface area contributed by atoms with E-state index >= 15 is 0 Å². The zero-order valence-corrected chi connectivity index (χ0v) is 26.0. The summed E-state index contributed by atoms with van der Waals surface area (Å²) in [5.41, 5.74) is -0.0233. The van der Waals surface area contributed by atoms with Gasteiger partial charge >= 0.3 is 6.18 Å². The number of halogens is 4. The van der Waals surface area contributed by atoms with Crippen molar-refractivity contribution in [2.45, 2.75) is 51.2 Å². The van der Waals surface area contributed by atoms with Crippen LogP contribution in [0.3, 0.4) is 0 Å². The van der Waals surface area contributed by atoms with Crippen LogP contribution in [0.25, 0.3) is 0 Å². The number of piperidine rings is 1. The molecule has 6 rings (SSSR count). The van der Waals surface area contributed by atoms with Gasteiger partial charge in [0.05, 0.1) is 10.6 Å². The zero-order valence-electron chi connectivity index (χ0n) is 25.2. The number of piperazine rings is 1. The van der Waals surface area contributed by atoms with Crippen molar-refractivity contribution in [2.75, 3.05) is 44.6 Å². The van der Waals surface area contributed by atoms with Crippen molar-refractivity contribution >= 4 is 35.0 Å². The summed E-state index contributed by atoms with van der Waals surface area (Å²) in [4.78, 5) is 49.3. The smallest absolute Gasteiger partial charge is 0.339 e. The van der Waals surface area contributed by atoms with Gasteiger partial charge in [-0.05, 0) is 56.5 Å². The van der Waals surface area contributed by atoms with E-state index in [-0.39, 0.29) is 46.1 Å². The Morgan fingerprint density at radius 1 is 1.02 bits per heavy atom. The van der Waals surface area contributed by atoms with E-state index in [9.17, 15) is 27.6 Å². The monoisotopic (exact) mass is 660 g/mol. The summed E-state index contributed by atoms with van der Waals surface area (Å²) in [7, 11) is 0. The Hall–Kier alpha value is -3.91. The van der Waals surface area contributed by atoms with Crippen molar-refractivity contribution in [2.24, 2.45) is 11.8 Å². The molecular weight excluding hydrogens is 625 g/mol. The molecule has 2 aromatic heterocycles. The first kappa shape index (κ1) is 32.0. The molecule has 3 N–H and O–H groups in total. The minimum atomic E-state index is -4.60. The van der Waals surface area contributed by atoms with Crippen LogP contribution in [0.2, 0.25) is 5.02 Å². The van der Waals surface area contributed by atoms with Gasteiger partial charge in [0.2, 0.25) is 5.91 Å². The predicted octanol–water partition coefficient (Wildman–Crippen LogP) is 4.21. The molecule has 0 unspecified atom stereocenters. The minimum Gasteiger partial charge on any atom is -0.339 e. The highest BCUT2D eigenvalue weighted by Crippen LogP contribution is 2.34. The Morgan fingerprint density at radius 3 is 2.41 bits per heavy atom. The molecule has 11 nitrogen and oxygen atoms in total. The number of H-pyrrole nitrogens is 1. The van der Waals surface area contributed by atoms with E-state index in [1.165, 1.54) is 29.2 Å². The number of imidazole rings is 1. The van der Waals surface area contributed by atoms with Gasteiger partial charge in [-0.25, -0.2) is 4.98 Å². The Balaban J connectivity index is 1.04. The summed E-state index contributed by atoms with van der Waals surface area (Å²) >= 11 is 6.45. The third-order valence-electron chi connectivity index (χ3n) is 8.82. The average molecular weight is 661 g/mol. The summed E-state index contributed by atoms with van der Waals surface area (Å²) < 4.78 is 42.3. The number of amides is 3. The van der Waals surface area contributed by atoms with E-state index in [0.29, 0.717) is 50.0 Å². The van der Waals surface area contributed by atoms with Crippen molar-refractivity contribution < 1.29 is 27.6 Å². The fourth-order valence-corrected chi connectivity index (χ4v) is 6.28. The van der Waals surface area contributed by atoms with Crippen LogP contribution in [-0.4, -0.2) is 86.5 Å². The maximum atomic E-state index is 13.7. The number of nitrogens with zero attached hydrogens (tertiary/aromatic N) is 5. The molecule has 3 aromatic rings. The van der Waals surface area contributed by atoms with E-state index in [4.69, 9.17) is 11.6 Å². The number of aromatic nitrogens is 4. The molecule has 0 spiro atoms. The first-order valence-corrected chi connectivity index (χ1v) is 16.0. The molecule has 1 aromatic carbocycles. The predicted molar refractivity (Wildman–Crippen MR) is 163 cm³/mol. The van der Waals surface area contributed by atoms with Crippen LogP contribution < -0.4 is 10.6 Å². The number of anilines is 1. The fraction of sp³-hybridized carbons (Fsp3) is 0.516. The van der Waals surface area contributed by atoms with Gasteiger partial charge in [0.25, 0.3) is 11.8 Å². The number of rotatable bonds is 9. The standard InChI is InChI=1S/C31H36ClF3N8O3/c32-25-16-22(3-4-24(25)30(46)42-13-11-41(12-14-42)29(45)20-5-8-36-9-6-20)39-28(44)27-37-17-23(38-27)15-21-18-43(10-7-19-1-2-19)40-26(21)31(33,34)35/h3-4,16-20,36H,1-2,5-15H2,(H,37,38)(H,39,44). The van der Waals surface area contributed by atoms with Crippen LogP contribution in [-0.2, 0) is 23.9 Å². The Morgan fingerprint density at radius 2 is 1.74 bits per heavy atom. The summed E-state index contributed by atoms with van der Waals surface area (Å²) in [5, 5.41) is 9.85. The third kappa shape index (κ3) is 7.55. The number of aromatic amines is 1. The molecule has 0 radical (unpaired) electrons. The van der Waals surface area contributed by atoms with E-state index < -0.39 is 17.8 Å². The van der Waals surface area contributed by atoms with Gasteiger partial charge in [-0.3, -0.25) is 19.1 Å². The molecule has 3 fully saturated rings. The number of benzene rings is 1. The summed E-state index contributed by atoms with van der Waals surface area (Å²) in [6, 6.07) is 4.53. The van der Waals surface area contributed by atoms with E-state index in [0.717, 1.165) is 45.2 Å². The van der Waals surface area contributed by atoms with Crippen molar-refractivity contribution in [3.8, 4) is 0 Å². The summed E-state index contributed by atoms with van der Waals surface area (Å²) in [5.74, 6) is -0.226. The van der Waals surface area contributed by atoms with E-state index in [1.807, 2.05) is 4.90 Å². The molecule has 46 heavy (non-hydrogen) atoms. The molecule has 15 heteroatoms. The highest BCUT2D eigenvalue weighted by atomic mass is 35.5. The van der Waals surface area contributed by atoms with Gasteiger partial charge in [-0.2, -0.15) is 18.3 Å². The zero-order chi connectivity index (χ0) is 32.4. The van der Waals surface area contributed by atoms with Gasteiger partial charge in [-0.1, -0.05) is 24.4 Å². The van der Waals surface area contributed by atoms with Crippen LogP contribution >= 0.6 is 11.6 Å².